The molecule has 4 N–H and O–H groups in total. The number of nitrogens with two attached hydrogens (primary N) is 1. The minimum atomic E-state index is 0. The average Bonchev–Trinajstić information content (AvgIpc) is 3.42. The molecule has 0 saturated heterocycles. The molecule has 0 spiro atoms. The Kier molecular flexibility index (Phi) is 10.7. The Hall–Kier alpha value is -1.35. The molecule has 10 heteroatoms. The summed E-state index contributed by atoms with van der Waals surface area (Å²) in [5.74, 6) is 1.56. The lowest BCUT2D eigenvalue weighted by Gasteiger charge is -2.27. The van der Waals surface area contributed by atoms with E-state index in [1.807, 2.05) is 6.33 Å². The van der Waals surface area contributed by atoms with Gasteiger partial charge < -0.3 is 25.8 Å². The molecule has 0 bridgehead atoms. The van der Waals surface area contributed by atoms with Crippen molar-refractivity contribution < 1.29 is 0 Å². The van der Waals surface area contributed by atoms with E-state index in [4.69, 9.17) is 20.7 Å². The van der Waals surface area contributed by atoms with Crippen molar-refractivity contribution in [2.24, 2.45) is 5.73 Å². The highest BCUT2D eigenvalue weighted by Crippen LogP contribution is 2.33. The molecule has 0 atom stereocenters. The maximum absolute atomic E-state index is 6.08. The van der Waals surface area contributed by atoms with E-state index < -0.39 is 0 Å². The van der Waals surface area contributed by atoms with Gasteiger partial charge in [0.05, 0.1) is 6.33 Å². The molecular weight excluding hydrogens is 447 g/mol. The Morgan fingerprint density at radius 1 is 1.03 bits per heavy atom. The van der Waals surface area contributed by atoms with Gasteiger partial charge >= 0.3 is 0 Å². The van der Waals surface area contributed by atoms with E-state index in [2.05, 4.69) is 33.9 Å². The molecule has 8 nitrogen and oxygen atoms in total. The van der Waals surface area contributed by atoms with Gasteiger partial charge in [0.2, 0.25) is 5.95 Å². The highest BCUT2D eigenvalue weighted by Gasteiger charge is 2.23. The summed E-state index contributed by atoms with van der Waals surface area (Å²) in [6, 6.07) is 1.25. The van der Waals surface area contributed by atoms with Crippen molar-refractivity contribution in [3.63, 3.8) is 0 Å². The van der Waals surface area contributed by atoms with Crippen molar-refractivity contribution in [1.82, 2.24) is 24.4 Å². The second-order valence-electron chi connectivity index (χ2n) is 8.87. The number of nitrogens with one attached hydrogen (secondary N) is 2. The number of hydrogen-bond acceptors (Lipinski definition) is 7. The van der Waals surface area contributed by atoms with Gasteiger partial charge in [-0.25, -0.2) is 4.98 Å². The highest BCUT2D eigenvalue weighted by molar-refractivity contribution is 5.86. The number of anilines is 2. The summed E-state index contributed by atoms with van der Waals surface area (Å²) in [4.78, 5) is 16.9. The van der Waals surface area contributed by atoms with Crippen LogP contribution in [-0.2, 0) is 0 Å². The number of fused-ring (bicyclic) bond motifs is 1. The third-order valence-corrected chi connectivity index (χ3v) is 6.86. The maximum Gasteiger partial charge on any atom is 0.227 e. The van der Waals surface area contributed by atoms with Crippen molar-refractivity contribution >= 4 is 47.7 Å². The van der Waals surface area contributed by atoms with Crippen LogP contribution in [-0.4, -0.2) is 62.7 Å². The number of likely N-dealkylation sites (N-methyl/N-ethyl adjacent to an activating group) is 1. The number of hydrogen-bond donors (Lipinski definition) is 3. The average molecular weight is 488 g/mol. The van der Waals surface area contributed by atoms with Gasteiger partial charge in [0, 0.05) is 31.2 Å². The van der Waals surface area contributed by atoms with E-state index in [1.165, 1.54) is 25.7 Å². The van der Waals surface area contributed by atoms with Crippen molar-refractivity contribution in [3.8, 4) is 0 Å². The number of nitrogens with zero attached hydrogens (tertiary/aromatic N) is 5. The predicted molar refractivity (Wildman–Crippen MR) is 137 cm³/mol. The molecule has 2 heterocycles. The summed E-state index contributed by atoms with van der Waals surface area (Å²) in [5, 5.41) is 7.14. The minimum Gasteiger partial charge on any atom is -0.367 e. The molecule has 2 aliphatic carbocycles. The fourth-order valence-electron chi connectivity index (χ4n) is 4.87. The Labute approximate surface area is 204 Å². The SMILES string of the molecule is CCN(CC)CCNc1nc(N[C@H]2CC[C@H](N)CC2)nc2c1ncn2C1CCCC1.Cl.Cl. The molecule has 0 amide bonds. The third kappa shape index (κ3) is 6.37. The van der Waals surface area contributed by atoms with Crippen LogP contribution in [0.1, 0.15) is 71.3 Å². The molecule has 2 saturated carbocycles. The quantitative estimate of drug-likeness (QED) is 0.487. The fraction of sp³-hybridized carbons (Fsp3) is 0.773. The molecule has 4 rings (SSSR count). The Morgan fingerprint density at radius 3 is 2.38 bits per heavy atom. The van der Waals surface area contributed by atoms with E-state index in [-0.39, 0.29) is 24.8 Å². The number of aromatic nitrogens is 4. The molecule has 32 heavy (non-hydrogen) atoms. The lowest BCUT2D eigenvalue weighted by atomic mass is 9.92. The zero-order valence-corrected chi connectivity index (χ0v) is 21.1. The van der Waals surface area contributed by atoms with E-state index in [9.17, 15) is 0 Å². The minimum absolute atomic E-state index is 0. The van der Waals surface area contributed by atoms with Crippen LogP contribution < -0.4 is 16.4 Å². The van der Waals surface area contributed by atoms with Crippen molar-refractivity contribution in [2.75, 3.05) is 36.8 Å². The third-order valence-electron chi connectivity index (χ3n) is 6.86. The monoisotopic (exact) mass is 486 g/mol. The summed E-state index contributed by atoms with van der Waals surface area (Å²) >= 11 is 0. The molecule has 2 fully saturated rings. The molecule has 182 valence electrons. The Morgan fingerprint density at radius 2 is 1.72 bits per heavy atom. The highest BCUT2D eigenvalue weighted by atomic mass is 35.5. The molecule has 2 aliphatic rings. The summed E-state index contributed by atoms with van der Waals surface area (Å²) < 4.78 is 2.28. The standard InChI is InChI=1S/C22H38N8.2ClH/c1-3-29(4-2)14-13-24-20-19-21(30(15-25-19)18-7-5-6-8-18)28-22(27-20)26-17-11-9-16(23)10-12-17;;/h15-18H,3-14,23H2,1-2H3,(H2,24,26,27,28);2*1H/t16-,17-;;. The first-order valence-electron chi connectivity index (χ1n) is 11.9. The van der Waals surface area contributed by atoms with Crippen LogP contribution in [0.4, 0.5) is 11.8 Å². The van der Waals surface area contributed by atoms with Gasteiger partial charge in [0.15, 0.2) is 17.0 Å². The predicted octanol–water partition coefficient (Wildman–Crippen LogP) is 4.22. The van der Waals surface area contributed by atoms with E-state index in [1.54, 1.807) is 0 Å². The van der Waals surface area contributed by atoms with Crippen LogP contribution in [0.15, 0.2) is 6.33 Å². The van der Waals surface area contributed by atoms with Crippen molar-refractivity contribution in [3.05, 3.63) is 6.33 Å². The van der Waals surface area contributed by atoms with Crippen molar-refractivity contribution in [2.45, 2.75) is 83.3 Å². The molecular formula is C22H40Cl2N8. The van der Waals surface area contributed by atoms with Gasteiger partial charge in [0.1, 0.15) is 0 Å². The first-order chi connectivity index (χ1) is 14.7. The smallest absolute Gasteiger partial charge is 0.227 e. The number of halogens is 2. The summed E-state index contributed by atoms with van der Waals surface area (Å²) in [7, 11) is 0. The van der Waals surface area contributed by atoms with Gasteiger partial charge in [-0.2, -0.15) is 9.97 Å². The first-order valence-corrected chi connectivity index (χ1v) is 11.9. The lowest BCUT2D eigenvalue weighted by molar-refractivity contribution is 0.316. The van der Waals surface area contributed by atoms with E-state index in [0.29, 0.717) is 24.1 Å². The zero-order valence-electron chi connectivity index (χ0n) is 19.4. The van der Waals surface area contributed by atoms with E-state index in [0.717, 1.165) is 68.8 Å². The first kappa shape index (κ1) is 26.9. The summed E-state index contributed by atoms with van der Waals surface area (Å²) in [6.45, 7) is 8.36. The number of rotatable bonds is 9. The Balaban J connectivity index is 0.00000181. The fourth-order valence-corrected chi connectivity index (χ4v) is 4.87. The van der Waals surface area contributed by atoms with E-state index >= 15 is 0 Å². The van der Waals surface area contributed by atoms with Gasteiger partial charge in [-0.3, -0.25) is 0 Å². The van der Waals surface area contributed by atoms with Gasteiger partial charge in [-0.15, -0.1) is 24.8 Å². The normalized spacial score (nSPS) is 21.4. The topological polar surface area (TPSA) is 96.9 Å². The molecule has 0 aromatic carbocycles. The van der Waals surface area contributed by atoms with Gasteiger partial charge in [-0.05, 0) is 51.6 Å². The van der Waals surface area contributed by atoms with Crippen LogP contribution in [0.3, 0.4) is 0 Å². The van der Waals surface area contributed by atoms with Gasteiger partial charge in [-0.1, -0.05) is 26.7 Å². The lowest BCUT2D eigenvalue weighted by Crippen LogP contribution is -2.33. The molecule has 0 aliphatic heterocycles. The number of imidazole rings is 1. The second kappa shape index (κ2) is 12.8. The molecule has 2 aromatic heterocycles. The molecule has 0 unspecified atom stereocenters. The molecule has 0 radical (unpaired) electrons. The summed E-state index contributed by atoms with van der Waals surface area (Å²) in [5.41, 5.74) is 7.92. The van der Waals surface area contributed by atoms with Crippen LogP contribution in [0.5, 0.6) is 0 Å². The maximum atomic E-state index is 6.08. The Bertz CT molecular complexity index is 812. The largest absolute Gasteiger partial charge is 0.367 e. The summed E-state index contributed by atoms with van der Waals surface area (Å²) in [6.07, 6.45) is 11.3. The van der Waals surface area contributed by atoms with Crippen LogP contribution in [0, 0.1) is 0 Å². The van der Waals surface area contributed by atoms with Crippen molar-refractivity contribution in [1.29, 1.82) is 0 Å². The zero-order chi connectivity index (χ0) is 20.9. The second-order valence-corrected chi connectivity index (χ2v) is 8.87. The molecule has 2 aromatic rings. The van der Waals surface area contributed by atoms with Crippen LogP contribution in [0.2, 0.25) is 0 Å². The van der Waals surface area contributed by atoms with Crippen LogP contribution >= 0.6 is 24.8 Å². The van der Waals surface area contributed by atoms with Gasteiger partial charge in [0.25, 0.3) is 0 Å². The van der Waals surface area contributed by atoms with Crippen LogP contribution in [0.25, 0.3) is 11.2 Å².